The third-order valence-corrected chi connectivity index (χ3v) is 7.28. The first-order valence-electron chi connectivity index (χ1n) is 10.2. The summed E-state index contributed by atoms with van der Waals surface area (Å²) < 4.78 is 33.3. The maximum atomic E-state index is 13.3. The SMILES string of the molecule is Cc1ccc(OCCNC(=O)CN(c2ccc(Cl)cc2Cl)S(=O)(=O)c2ccccc2)cc1C. The van der Waals surface area contributed by atoms with E-state index in [1.54, 1.807) is 18.2 Å². The second-order valence-electron chi connectivity index (χ2n) is 7.36. The lowest BCUT2D eigenvalue weighted by Gasteiger charge is -2.25. The molecule has 9 heteroatoms. The molecule has 0 saturated carbocycles. The van der Waals surface area contributed by atoms with Gasteiger partial charge >= 0.3 is 0 Å². The van der Waals surface area contributed by atoms with Crippen LogP contribution in [-0.2, 0) is 14.8 Å². The predicted molar refractivity (Wildman–Crippen MR) is 132 cm³/mol. The van der Waals surface area contributed by atoms with Crippen LogP contribution < -0.4 is 14.4 Å². The Labute approximate surface area is 204 Å². The van der Waals surface area contributed by atoms with E-state index in [1.807, 2.05) is 32.0 Å². The third kappa shape index (κ3) is 6.41. The molecule has 1 amide bonds. The molecule has 0 aliphatic carbocycles. The Balaban J connectivity index is 1.71. The van der Waals surface area contributed by atoms with Crippen molar-refractivity contribution in [2.24, 2.45) is 0 Å². The van der Waals surface area contributed by atoms with E-state index < -0.39 is 22.5 Å². The lowest BCUT2D eigenvalue weighted by atomic mass is 10.1. The van der Waals surface area contributed by atoms with Crippen LogP contribution in [0, 0.1) is 13.8 Å². The first-order chi connectivity index (χ1) is 15.7. The van der Waals surface area contributed by atoms with Crippen molar-refractivity contribution in [3.63, 3.8) is 0 Å². The van der Waals surface area contributed by atoms with E-state index >= 15 is 0 Å². The number of benzene rings is 3. The number of nitrogens with one attached hydrogen (secondary N) is 1. The van der Waals surface area contributed by atoms with Crippen molar-refractivity contribution in [1.29, 1.82) is 0 Å². The fraction of sp³-hybridized carbons (Fsp3) is 0.208. The minimum absolute atomic E-state index is 0.0434. The molecule has 3 rings (SSSR count). The van der Waals surface area contributed by atoms with Gasteiger partial charge in [0, 0.05) is 5.02 Å². The Morgan fingerprint density at radius 3 is 2.36 bits per heavy atom. The van der Waals surface area contributed by atoms with Gasteiger partial charge in [0.15, 0.2) is 0 Å². The summed E-state index contributed by atoms with van der Waals surface area (Å²) in [6.45, 7) is 4.00. The molecule has 0 unspecified atom stereocenters. The van der Waals surface area contributed by atoms with Crippen LogP contribution >= 0.6 is 23.2 Å². The third-order valence-electron chi connectivity index (χ3n) is 4.97. The highest BCUT2D eigenvalue weighted by Gasteiger charge is 2.28. The molecule has 0 aliphatic rings. The minimum Gasteiger partial charge on any atom is -0.492 e. The van der Waals surface area contributed by atoms with Gasteiger partial charge in [-0.25, -0.2) is 8.42 Å². The monoisotopic (exact) mass is 506 g/mol. The summed E-state index contributed by atoms with van der Waals surface area (Å²) >= 11 is 12.2. The van der Waals surface area contributed by atoms with Gasteiger partial charge in [0.25, 0.3) is 10.0 Å². The Bertz CT molecular complexity index is 1230. The van der Waals surface area contributed by atoms with Crippen molar-refractivity contribution in [2.75, 3.05) is 24.0 Å². The van der Waals surface area contributed by atoms with Crippen molar-refractivity contribution in [2.45, 2.75) is 18.7 Å². The number of sulfonamides is 1. The lowest BCUT2D eigenvalue weighted by molar-refractivity contribution is -0.119. The van der Waals surface area contributed by atoms with Crippen molar-refractivity contribution in [3.05, 3.63) is 87.9 Å². The molecule has 0 fully saturated rings. The second kappa shape index (κ2) is 10.9. The number of halogens is 2. The molecule has 3 aromatic rings. The maximum absolute atomic E-state index is 13.3. The van der Waals surface area contributed by atoms with Crippen molar-refractivity contribution >= 4 is 44.8 Å². The van der Waals surface area contributed by atoms with Gasteiger partial charge < -0.3 is 10.1 Å². The molecule has 0 atom stereocenters. The zero-order valence-electron chi connectivity index (χ0n) is 18.2. The number of aryl methyl sites for hydroxylation is 2. The quantitative estimate of drug-likeness (QED) is 0.414. The first kappa shape index (κ1) is 24.9. The van der Waals surface area contributed by atoms with Crippen LogP contribution in [0.3, 0.4) is 0 Å². The van der Waals surface area contributed by atoms with Gasteiger partial charge in [0.2, 0.25) is 5.91 Å². The standard InChI is InChI=1S/C24H24Cl2N2O4S/c1-17-8-10-20(14-18(17)2)32-13-12-27-24(29)16-28(23-11-9-19(25)15-22(23)26)33(30,31)21-6-4-3-5-7-21/h3-11,14-15H,12-13,16H2,1-2H3,(H,27,29). The second-order valence-corrected chi connectivity index (χ2v) is 10.1. The van der Waals surface area contributed by atoms with Crippen LogP contribution in [0.25, 0.3) is 0 Å². The summed E-state index contributed by atoms with van der Waals surface area (Å²) in [5, 5.41) is 3.17. The molecule has 1 N–H and O–H groups in total. The number of nitrogens with zero attached hydrogens (tertiary/aromatic N) is 1. The van der Waals surface area contributed by atoms with Gasteiger partial charge in [-0.15, -0.1) is 0 Å². The maximum Gasteiger partial charge on any atom is 0.264 e. The smallest absolute Gasteiger partial charge is 0.264 e. The molecule has 0 spiro atoms. The van der Waals surface area contributed by atoms with Gasteiger partial charge in [-0.1, -0.05) is 47.5 Å². The first-order valence-corrected chi connectivity index (χ1v) is 12.4. The number of hydrogen-bond donors (Lipinski definition) is 1. The van der Waals surface area contributed by atoms with Crippen LogP contribution in [0.2, 0.25) is 10.0 Å². The van der Waals surface area contributed by atoms with Gasteiger partial charge in [-0.05, 0) is 67.4 Å². The fourth-order valence-corrected chi connectivity index (χ4v) is 5.07. The van der Waals surface area contributed by atoms with Crippen molar-refractivity contribution in [3.8, 4) is 5.75 Å². The summed E-state index contributed by atoms with van der Waals surface area (Å²) in [6, 6.07) is 18.0. The summed E-state index contributed by atoms with van der Waals surface area (Å²) in [6.07, 6.45) is 0. The van der Waals surface area contributed by atoms with Gasteiger partial charge in [-0.2, -0.15) is 0 Å². The molecule has 0 aliphatic heterocycles. The Hall–Kier alpha value is -2.74. The molecule has 33 heavy (non-hydrogen) atoms. The van der Waals surface area contributed by atoms with Crippen molar-refractivity contribution < 1.29 is 17.9 Å². The highest BCUT2D eigenvalue weighted by molar-refractivity contribution is 7.92. The average Bonchev–Trinajstić information content (AvgIpc) is 2.78. The van der Waals surface area contributed by atoms with E-state index in [1.165, 1.54) is 30.3 Å². The van der Waals surface area contributed by atoms with E-state index in [0.29, 0.717) is 10.8 Å². The summed E-state index contributed by atoms with van der Waals surface area (Å²) in [7, 11) is -4.05. The molecule has 6 nitrogen and oxygen atoms in total. The number of anilines is 1. The Kier molecular flexibility index (Phi) is 8.24. The molecule has 0 saturated heterocycles. The number of hydrogen-bond acceptors (Lipinski definition) is 4. The fourth-order valence-electron chi connectivity index (χ4n) is 3.05. The summed E-state index contributed by atoms with van der Waals surface area (Å²) in [5.41, 5.74) is 2.43. The number of carbonyl (C=O) groups is 1. The molecule has 174 valence electrons. The minimum atomic E-state index is -4.05. The average molecular weight is 507 g/mol. The van der Waals surface area contributed by atoms with Gasteiger partial charge in [0.1, 0.15) is 18.9 Å². The van der Waals surface area contributed by atoms with Gasteiger partial charge in [0.05, 0.1) is 22.2 Å². The van der Waals surface area contributed by atoms with Crippen LogP contribution in [-0.4, -0.2) is 34.0 Å². The van der Waals surface area contributed by atoms with Crippen LogP contribution in [0.4, 0.5) is 5.69 Å². The number of ether oxygens (including phenoxy) is 1. The molecule has 0 bridgehead atoms. The van der Waals surface area contributed by atoms with E-state index in [0.717, 1.165) is 15.4 Å². The molecule has 0 aromatic heterocycles. The van der Waals surface area contributed by atoms with E-state index in [-0.39, 0.29) is 28.8 Å². The van der Waals surface area contributed by atoms with Crippen LogP contribution in [0.5, 0.6) is 5.75 Å². The zero-order valence-corrected chi connectivity index (χ0v) is 20.5. The summed E-state index contributed by atoms with van der Waals surface area (Å²) in [4.78, 5) is 12.7. The van der Waals surface area contributed by atoms with Crippen LogP contribution in [0.15, 0.2) is 71.6 Å². The van der Waals surface area contributed by atoms with E-state index in [9.17, 15) is 13.2 Å². The molecule has 3 aromatic carbocycles. The Morgan fingerprint density at radius 1 is 0.970 bits per heavy atom. The van der Waals surface area contributed by atoms with Crippen LogP contribution in [0.1, 0.15) is 11.1 Å². The Morgan fingerprint density at radius 2 is 1.70 bits per heavy atom. The van der Waals surface area contributed by atoms with Crippen molar-refractivity contribution in [1.82, 2.24) is 5.32 Å². The highest BCUT2D eigenvalue weighted by atomic mass is 35.5. The highest BCUT2D eigenvalue weighted by Crippen LogP contribution is 2.32. The number of carbonyl (C=O) groups excluding carboxylic acids is 1. The largest absolute Gasteiger partial charge is 0.492 e. The number of rotatable bonds is 9. The molecular weight excluding hydrogens is 483 g/mol. The predicted octanol–water partition coefficient (Wildman–Crippen LogP) is 5.00. The zero-order chi connectivity index (χ0) is 24.0. The molecular formula is C24H24Cl2N2O4S. The molecule has 0 heterocycles. The normalized spacial score (nSPS) is 11.2. The summed E-state index contributed by atoms with van der Waals surface area (Å²) in [5.74, 6) is 0.206. The lowest BCUT2D eigenvalue weighted by Crippen LogP contribution is -2.42. The molecule has 0 radical (unpaired) electrons. The van der Waals surface area contributed by atoms with E-state index in [2.05, 4.69) is 5.32 Å². The number of amides is 1. The van der Waals surface area contributed by atoms with Gasteiger partial charge in [-0.3, -0.25) is 9.10 Å². The van der Waals surface area contributed by atoms with E-state index in [4.69, 9.17) is 27.9 Å². The topological polar surface area (TPSA) is 75.7 Å².